The fourth-order valence-electron chi connectivity index (χ4n) is 13.1. The Balaban J connectivity index is 0.000000192. The molecular formula is C91H113N17O5S11. The highest BCUT2D eigenvalue weighted by molar-refractivity contribution is 7.82. The number of aryl methyl sites for hydroxylation is 2. The summed E-state index contributed by atoms with van der Waals surface area (Å²) in [6.45, 7) is 13.2. The fourth-order valence-corrected chi connectivity index (χ4v) is 16.5. The van der Waals surface area contributed by atoms with E-state index in [-0.39, 0.29) is 31.9 Å². The van der Waals surface area contributed by atoms with Crippen LogP contribution in [-0.2, 0) is 22.5 Å². The van der Waals surface area contributed by atoms with Gasteiger partial charge in [0.25, 0.3) is 9.67 Å². The van der Waals surface area contributed by atoms with Crippen molar-refractivity contribution in [1.29, 1.82) is 0 Å². The van der Waals surface area contributed by atoms with E-state index in [4.69, 9.17) is 101 Å². The monoisotopic (exact) mass is 1880 g/mol. The average molecular weight is 1880 g/mol. The van der Waals surface area contributed by atoms with Gasteiger partial charge in [0.2, 0.25) is 9.54 Å². The molecule has 2 atom stereocenters. The van der Waals surface area contributed by atoms with E-state index < -0.39 is 10.7 Å². The molecule has 8 aromatic carbocycles. The molecule has 1 aliphatic carbocycles. The van der Waals surface area contributed by atoms with Crippen molar-refractivity contribution < 1.29 is 23.5 Å². The number of H-pyrrole nitrogens is 6. The zero-order valence-corrected chi connectivity index (χ0v) is 80.0. The van der Waals surface area contributed by atoms with E-state index in [1.165, 1.54) is 159 Å². The van der Waals surface area contributed by atoms with Gasteiger partial charge in [0.1, 0.15) is 11.6 Å². The number of hydrogen-bond donors (Lipinski definition) is 12. The van der Waals surface area contributed by atoms with Gasteiger partial charge >= 0.3 is 12.0 Å². The summed E-state index contributed by atoms with van der Waals surface area (Å²) in [5.74, 6) is 2.15. The van der Waals surface area contributed by atoms with Crippen LogP contribution in [0.5, 0.6) is 0 Å². The van der Waals surface area contributed by atoms with E-state index in [0.29, 0.717) is 31.8 Å². The number of oxazole rings is 1. The van der Waals surface area contributed by atoms with Gasteiger partial charge in [0.05, 0.1) is 36.7 Å². The Morgan fingerprint density at radius 3 is 1.52 bits per heavy atom. The van der Waals surface area contributed by atoms with Gasteiger partial charge in [-0.05, 0) is 207 Å². The number of rotatable bonds is 24. The van der Waals surface area contributed by atoms with Gasteiger partial charge in [-0.25, -0.2) is 19.3 Å². The molecular weight excluding hydrogens is 1760 g/mol. The largest absolute Gasteiger partial charge is 0.478 e. The van der Waals surface area contributed by atoms with Crippen LogP contribution in [0, 0.1) is 46.7 Å². The molecule has 16 rings (SSSR count). The van der Waals surface area contributed by atoms with Gasteiger partial charge in [-0.15, -0.1) is 16.4 Å². The third kappa shape index (κ3) is 35.6. The zero-order chi connectivity index (χ0) is 89.5. The van der Waals surface area contributed by atoms with E-state index >= 15 is 0 Å². The van der Waals surface area contributed by atoms with E-state index in [1.807, 2.05) is 135 Å². The number of aromatic amines is 6. The van der Waals surface area contributed by atoms with Crippen molar-refractivity contribution in [2.75, 3.05) is 16.8 Å². The number of carboxylic acids is 1. The number of ketones is 1. The minimum atomic E-state index is -0.965. The molecule has 0 spiro atoms. The molecule has 7 heterocycles. The Hall–Kier alpha value is -9.26. The number of hydrogen-bond acceptors (Lipinski definition) is 22. The normalized spacial score (nSPS) is 12.9. The summed E-state index contributed by atoms with van der Waals surface area (Å²) in [6, 6.07) is 71.4. The van der Waals surface area contributed by atoms with Gasteiger partial charge < -0.3 is 35.0 Å². The number of aromatic carboxylic acids is 1. The first-order chi connectivity index (χ1) is 59.8. The second-order valence-electron chi connectivity index (χ2n) is 29.6. The molecule has 14 aromatic rings. The molecule has 1 saturated carbocycles. The van der Waals surface area contributed by atoms with Crippen LogP contribution in [0.15, 0.2) is 227 Å². The Morgan fingerprint density at radius 1 is 0.573 bits per heavy atom. The van der Waals surface area contributed by atoms with E-state index in [2.05, 4.69) is 213 Å². The topological polar surface area (TPSA) is 306 Å². The van der Waals surface area contributed by atoms with Gasteiger partial charge in [0, 0.05) is 41.4 Å². The number of Topliss-reactive ketones (excluding diaryl/α,β-unsaturated/α-hetero) is 1. The van der Waals surface area contributed by atoms with Crippen LogP contribution in [0.1, 0.15) is 195 Å². The van der Waals surface area contributed by atoms with Crippen LogP contribution < -0.4 is 11.1 Å². The lowest BCUT2D eigenvalue weighted by Crippen LogP contribution is -2.36. The van der Waals surface area contributed by atoms with Crippen molar-refractivity contribution in [2.45, 2.75) is 186 Å². The Bertz CT molecular complexity index is 5480. The molecule has 658 valence electrons. The van der Waals surface area contributed by atoms with Crippen molar-refractivity contribution in [3.63, 3.8) is 0 Å². The summed E-state index contributed by atoms with van der Waals surface area (Å²) in [7, 11) is 0. The van der Waals surface area contributed by atoms with E-state index in [1.54, 1.807) is 28.2 Å². The summed E-state index contributed by atoms with van der Waals surface area (Å²) >= 11 is 49.4. The lowest BCUT2D eigenvalue weighted by atomic mass is 9.76. The average Bonchev–Trinajstić information content (AvgIpc) is 1.01. The molecule has 2 unspecified atom stereocenters. The molecule has 6 aromatic heterocycles. The first kappa shape index (κ1) is 102. The standard InChI is InChI=1S/C19H16S.C18H38S.C10H18OS.C9H9N3S.C8H6N4O2S.C8H7NS.C7H5NOS.C7H5NS2.C3H6N4S.C2H3N3OS/c20-19(16-10-4-1-5-11-16,17-12-6-2-7-13-17)18-14-8-3-9-15-18;1-2-3-4-5-6-7-8-9-10-11-12-13-14-15-16-17-18-19;1-7-4-5-8(9(11)6-7)10(2,3)12;1-7-10-11-9(13)12(7)8-5-3-2-4-6-8;13-7(14)5-1-3-6(4-2-5)12-8(15)9-10-11-12;10-8-5-6-3-1-2-4-7(6)9-8;10-7-8-5-3-1-2-4-6(5)9-7;9-7-8-5-3-1-2-4-6(5)10-7;1-2-7-3(8)4-5-6-7;3-1-4-5-2(7)6-1/h1-15,20H;19H,2-18H2,1H3;7-8,12H,4-6H2,1-3H3;2-6H,1H3,(H,11,13);1-4H,(H,13,14)(H,9,11,15);1-4H,5H2,(H,9,10);1-4H,(H,8,10);1-4H,(H,8,9);2H2,1H3,(H,4,6,8);(H2,3,4)(H,5,7). The van der Waals surface area contributed by atoms with Crippen molar-refractivity contribution in [3.05, 3.63) is 280 Å². The number of thiol groups is 3. The van der Waals surface area contributed by atoms with Gasteiger partial charge in [0.15, 0.2) is 14.3 Å². The number of nitrogen functional groups attached to an aromatic ring is 1. The van der Waals surface area contributed by atoms with Crippen LogP contribution >= 0.6 is 135 Å². The number of anilines is 2. The van der Waals surface area contributed by atoms with Gasteiger partial charge in [-0.3, -0.25) is 14.5 Å². The van der Waals surface area contributed by atoms with Crippen LogP contribution in [-0.4, -0.2) is 108 Å². The number of thiocarbonyl (C=S) groups is 1. The predicted molar refractivity (Wildman–Crippen MR) is 535 cm³/mol. The number of carbonyl (C=O) groups excluding carboxylic acids is 1. The number of nitrogens with zero attached hydrogens (tertiary/aromatic N) is 9. The Labute approximate surface area is 782 Å². The minimum absolute atomic E-state index is 0.0741. The number of carboxylic acid groups (broad SMARTS) is 1. The predicted octanol–water partition coefficient (Wildman–Crippen LogP) is 26.1. The van der Waals surface area contributed by atoms with Crippen molar-refractivity contribution in [3.8, 4) is 11.4 Å². The number of para-hydroxylation sites is 5. The van der Waals surface area contributed by atoms with E-state index in [9.17, 15) is 9.59 Å². The van der Waals surface area contributed by atoms with Crippen LogP contribution in [0.25, 0.3) is 32.7 Å². The molecule has 124 heavy (non-hydrogen) atoms. The third-order valence-electron chi connectivity index (χ3n) is 19.6. The second-order valence-corrected chi connectivity index (χ2v) is 35.9. The number of benzene rings is 8. The van der Waals surface area contributed by atoms with Crippen molar-refractivity contribution >= 4 is 185 Å². The molecule has 1 aliphatic heterocycles. The Morgan fingerprint density at radius 2 is 1.08 bits per heavy atom. The van der Waals surface area contributed by atoms with Gasteiger partial charge in [-0.1, -0.05) is 309 Å². The maximum Gasteiger partial charge on any atom is 0.335 e. The number of tetrazole rings is 2. The smallest absolute Gasteiger partial charge is 0.335 e. The summed E-state index contributed by atoms with van der Waals surface area (Å²) in [5.41, 5.74) is 15.9. The summed E-state index contributed by atoms with van der Waals surface area (Å²) in [5, 5.41) is 43.7. The minimum Gasteiger partial charge on any atom is -0.478 e. The lowest BCUT2D eigenvalue weighted by Gasteiger charge is -2.33. The number of nitrogens with two attached hydrogens (primary N) is 1. The summed E-state index contributed by atoms with van der Waals surface area (Å²) in [6.07, 6.45) is 27.0. The molecule has 0 amide bonds. The number of aromatic nitrogens is 15. The van der Waals surface area contributed by atoms with Crippen molar-refractivity contribution in [2.24, 2.45) is 11.8 Å². The molecule has 0 saturated heterocycles. The van der Waals surface area contributed by atoms with Crippen molar-refractivity contribution in [1.82, 2.24) is 75.3 Å². The van der Waals surface area contributed by atoms with Gasteiger partial charge in [-0.2, -0.15) is 53.4 Å². The van der Waals surface area contributed by atoms with Crippen LogP contribution in [0.2, 0.25) is 0 Å². The SMILES string of the molecule is CC1CCC(C(C)(C)S)C(=O)C1.CCCCCCCCCCCCCCCCCCS.CCn1[nH]nnc1=S.Cc1n[nH]c(=S)n1-c1ccccc1.Nc1n[nH]c(=S)o1.O=C(O)c1ccc(-n2[nH]nnc2=S)cc1.S=C1Cc2ccccc2N1.S=c1[nH]c2ccccc2o1.S=c1[nH]c2ccccc2s1.SC(c1ccccc1)(c1ccccc1)c1ccccc1. The zero-order valence-electron chi connectivity index (χ0n) is 70.8. The number of thiazole rings is 1. The van der Waals surface area contributed by atoms with Crippen LogP contribution in [0.4, 0.5) is 11.7 Å². The lowest BCUT2D eigenvalue weighted by molar-refractivity contribution is -0.126. The highest BCUT2D eigenvalue weighted by atomic mass is 32.1. The maximum absolute atomic E-state index is 11.6. The van der Waals surface area contributed by atoms with Crippen LogP contribution in [0.3, 0.4) is 0 Å². The molecule has 10 N–H and O–H groups in total. The highest BCUT2D eigenvalue weighted by Crippen LogP contribution is 2.42. The molecule has 0 radical (unpaired) electrons. The first-order valence-corrected chi connectivity index (χ1v) is 46.6. The summed E-state index contributed by atoms with van der Waals surface area (Å²) in [4.78, 5) is 29.8. The molecule has 33 heteroatoms. The third-order valence-corrected chi connectivity index (χ3v) is 23.7. The summed E-state index contributed by atoms with van der Waals surface area (Å²) < 4.78 is 17.6. The Kier molecular flexibility index (Phi) is 45.9. The second kappa shape index (κ2) is 56.0. The fraction of sp³-hybridized carbons (Fsp3) is 0.352. The van der Waals surface area contributed by atoms with E-state index in [0.717, 1.165) is 68.6 Å². The molecule has 22 nitrogen and oxygen atoms in total. The maximum atomic E-state index is 11.6. The number of nitrogens with one attached hydrogen (secondary N) is 7. The quantitative estimate of drug-likeness (QED) is 0.0116. The highest BCUT2D eigenvalue weighted by Gasteiger charge is 2.36. The molecule has 0 bridgehead atoms. The number of unbranched alkanes of at least 4 members (excludes halogenated alkanes) is 15. The molecule has 1 fully saturated rings. The number of fused-ring (bicyclic) bond motifs is 3. The number of carbonyl (C=O) groups is 2. The first-order valence-electron chi connectivity index (χ1n) is 41.4. The molecule has 2 aliphatic rings.